The molecule has 1 aromatic carbocycles. The molecule has 0 spiro atoms. The standard InChI is InChI=1S/C19H30N2O3/c1-4-11-21-12-9-16(10-13-21)19(23)20-14(2)18(22)15-5-7-17(24-3)8-6-15/h5-8,14,16,18,22H,4,9-13H2,1-3H3,(H,20,23). The monoisotopic (exact) mass is 334 g/mol. The van der Waals surface area contributed by atoms with Gasteiger partial charge in [-0.1, -0.05) is 19.1 Å². The Morgan fingerprint density at radius 1 is 1.33 bits per heavy atom. The highest BCUT2D eigenvalue weighted by atomic mass is 16.5. The highest BCUT2D eigenvalue weighted by molar-refractivity contribution is 5.79. The summed E-state index contributed by atoms with van der Waals surface area (Å²) >= 11 is 0. The van der Waals surface area contributed by atoms with Crippen LogP contribution >= 0.6 is 0 Å². The lowest BCUT2D eigenvalue weighted by molar-refractivity contribution is -0.127. The zero-order valence-corrected chi connectivity index (χ0v) is 15.0. The molecule has 1 amide bonds. The first-order valence-electron chi connectivity index (χ1n) is 8.90. The number of nitrogens with one attached hydrogen (secondary N) is 1. The molecule has 134 valence electrons. The van der Waals surface area contributed by atoms with Crippen LogP contribution in [-0.4, -0.2) is 48.7 Å². The van der Waals surface area contributed by atoms with Crippen LogP contribution in [0.2, 0.25) is 0 Å². The molecule has 5 nitrogen and oxygen atoms in total. The van der Waals surface area contributed by atoms with Gasteiger partial charge in [0.15, 0.2) is 0 Å². The summed E-state index contributed by atoms with van der Waals surface area (Å²) in [6.07, 6.45) is 2.23. The number of piperidine rings is 1. The zero-order valence-electron chi connectivity index (χ0n) is 15.0. The Hall–Kier alpha value is -1.59. The van der Waals surface area contributed by atoms with Crippen molar-refractivity contribution in [2.45, 2.75) is 45.3 Å². The Kier molecular flexibility index (Phi) is 7.06. The number of rotatable bonds is 7. The van der Waals surface area contributed by atoms with Crippen LogP contribution in [0.1, 0.15) is 44.8 Å². The van der Waals surface area contributed by atoms with Crippen LogP contribution in [0.3, 0.4) is 0 Å². The summed E-state index contributed by atoms with van der Waals surface area (Å²) in [5, 5.41) is 13.4. The number of nitrogens with zero attached hydrogens (tertiary/aromatic N) is 1. The van der Waals surface area contributed by atoms with Gasteiger partial charge in [-0.25, -0.2) is 0 Å². The van der Waals surface area contributed by atoms with Crippen molar-refractivity contribution in [3.05, 3.63) is 29.8 Å². The lowest BCUT2D eigenvalue weighted by Gasteiger charge is -2.32. The maximum absolute atomic E-state index is 12.4. The molecule has 24 heavy (non-hydrogen) atoms. The second kappa shape index (κ2) is 9.04. The largest absolute Gasteiger partial charge is 0.497 e. The smallest absolute Gasteiger partial charge is 0.223 e. The Bertz CT molecular complexity index is 510. The van der Waals surface area contributed by atoms with E-state index in [4.69, 9.17) is 4.74 Å². The van der Waals surface area contributed by atoms with Gasteiger partial charge in [-0.15, -0.1) is 0 Å². The van der Waals surface area contributed by atoms with Crippen LogP contribution in [0.25, 0.3) is 0 Å². The topological polar surface area (TPSA) is 61.8 Å². The van der Waals surface area contributed by atoms with E-state index in [1.54, 1.807) is 7.11 Å². The lowest BCUT2D eigenvalue weighted by Crippen LogP contribution is -2.44. The minimum atomic E-state index is -0.722. The number of carbonyl (C=O) groups excluding carboxylic acids is 1. The molecule has 2 atom stereocenters. The number of ether oxygens (including phenoxy) is 1. The fraction of sp³-hybridized carbons (Fsp3) is 0.632. The molecule has 2 unspecified atom stereocenters. The van der Waals surface area contributed by atoms with Gasteiger partial charge < -0.3 is 20.1 Å². The number of benzene rings is 1. The quantitative estimate of drug-likeness (QED) is 0.803. The van der Waals surface area contributed by atoms with E-state index < -0.39 is 6.10 Å². The molecule has 2 rings (SSSR count). The summed E-state index contributed by atoms with van der Waals surface area (Å²) in [7, 11) is 1.61. The summed E-state index contributed by atoms with van der Waals surface area (Å²) in [6, 6.07) is 6.97. The van der Waals surface area contributed by atoms with Crippen LogP contribution in [0.15, 0.2) is 24.3 Å². The second-order valence-electron chi connectivity index (χ2n) is 6.63. The molecule has 0 radical (unpaired) electrons. The molecule has 0 saturated carbocycles. The molecule has 1 aliphatic heterocycles. The highest BCUT2D eigenvalue weighted by Gasteiger charge is 2.27. The fourth-order valence-electron chi connectivity index (χ4n) is 3.25. The zero-order chi connectivity index (χ0) is 17.5. The summed E-state index contributed by atoms with van der Waals surface area (Å²) in [6.45, 7) is 7.11. The molecular formula is C19H30N2O3. The van der Waals surface area contributed by atoms with E-state index in [-0.39, 0.29) is 17.9 Å². The first-order chi connectivity index (χ1) is 11.5. The SMILES string of the molecule is CCCN1CCC(C(=O)NC(C)C(O)c2ccc(OC)cc2)CC1. The number of carbonyl (C=O) groups is 1. The predicted octanol–water partition coefficient (Wildman–Crippen LogP) is 2.36. The molecule has 0 aromatic heterocycles. The van der Waals surface area contributed by atoms with Crippen molar-refractivity contribution < 1.29 is 14.6 Å². The minimum Gasteiger partial charge on any atom is -0.497 e. The van der Waals surface area contributed by atoms with Crippen molar-refractivity contribution in [1.82, 2.24) is 10.2 Å². The third-order valence-corrected chi connectivity index (χ3v) is 4.80. The fourth-order valence-corrected chi connectivity index (χ4v) is 3.25. The maximum Gasteiger partial charge on any atom is 0.223 e. The molecular weight excluding hydrogens is 304 g/mol. The maximum atomic E-state index is 12.4. The summed E-state index contributed by atoms with van der Waals surface area (Å²) < 4.78 is 5.12. The minimum absolute atomic E-state index is 0.0589. The van der Waals surface area contributed by atoms with E-state index in [0.29, 0.717) is 0 Å². The molecule has 1 fully saturated rings. The van der Waals surface area contributed by atoms with E-state index in [2.05, 4.69) is 17.1 Å². The van der Waals surface area contributed by atoms with Gasteiger partial charge >= 0.3 is 0 Å². The predicted molar refractivity (Wildman–Crippen MR) is 95.0 cm³/mol. The number of methoxy groups -OCH3 is 1. The van der Waals surface area contributed by atoms with Crippen molar-refractivity contribution in [1.29, 1.82) is 0 Å². The number of aliphatic hydroxyl groups excluding tert-OH is 1. The summed E-state index contributed by atoms with van der Waals surface area (Å²) in [5.41, 5.74) is 0.779. The molecule has 0 aliphatic carbocycles. The molecule has 2 N–H and O–H groups in total. The van der Waals surface area contributed by atoms with E-state index in [1.165, 1.54) is 0 Å². The third kappa shape index (κ3) is 4.95. The van der Waals surface area contributed by atoms with E-state index >= 15 is 0 Å². The number of amides is 1. The molecule has 1 aliphatic rings. The van der Waals surface area contributed by atoms with E-state index in [1.807, 2.05) is 31.2 Å². The molecule has 5 heteroatoms. The average Bonchev–Trinajstić information content (AvgIpc) is 2.62. The van der Waals surface area contributed by atoms with Crippen molar-refractivity contribution in [3.63, 3.8) is 0 Å². The van der Waals surface area contributed by atoms with Crippen LogP contribution in [-0.2, 0) is 4.79 Å². The highest BCUT2D eigenvalue weighted by Crippen LogP contribution is 2.22. The van der Waals surface area contributed by atoms with Crippen LogP contribution < -0.4 is 10.1 Å². The molecule has 1 saturated heterocycles. The molecule has 0 bridgehead atoms. The van der Waals surface area contributed by atoms with Crippen LogP contribution in [0.4, 0.5) is 0 Å². The number of hydrogen-bond acceptors (Lipinski definition) is 4. The first-order valence-corrected chi connectivity index (χ1v) is 8.90. The number of likely N-dealkylation sites (tertiary alicyclic amines) is 1. The van der Waals surface area contributed by atoms with Crippen LogP contribution in [0, 0.1) is 5.92 Å². The lowest BCUT2D eigenvalue weighted by atomic mass is 9.94. The second-order valence-corrected chi connectivity index (χ2v) is 6.63. The number of aliphatic hydroxyl groups is 1. The van der Waals surface area contributed by atoms with Gasteiger partial charge in [0, 0.05) is 5.92 Å². The van der Waals surface area contributed by atoms with Gasteiger partial charge in [0.1, 0.15) is 5.75 Å². The number of hydrogen-bond donors (Lipinski definition) is 2. The van der Waals surface area contributed by atoms with Gasteiger partial charge in [-0.2, -0.15) is 0 Å². The third-order valence-electron chi connectivity index (χ3n) is 4.80. The first kappa shape index (κ1) is 18.7. The van der Waals surface area contributed by atoms with Gasteiger partial charge in [0.25, 0.3) is 0 Å². The Balaban J connectivity index is 1.84. The summed E-state index contributed by atoms with van der Waals surface area (Å²) in [4.78, 5) is 14.9. The normalized spacial score (nSPS) is 18.8. The van der Waals surface area contributed by atoms with Crippen molar-refractivity contribution in [3.8, 4) is 5.75 Å². The average molecular weight is 334 g/mol. The molecule has 1 aromatic rings. The Morgan fingerprint density at radius 2 is 1.96 bits per heavy atom. The summed E-state index contributed by atoms with van der Waals surface area (Å²) in [5.74, 6) is 0.872. The van der Waals surface area contributed by atoms with Gasteiger partial charge in [-0.05, 0) is 63.5 Å². The van der Waals surface area contributed by atoms with Gasteiger partial charge in [0.2, 0.25) is 5.91 Å². The molecule has 1 heterocycles. The van der Waals surface area contributed by atoms with Crippen molar-refractivity contribution in [2.24, 2.45) is 5.92 Å². The van der Waals surface area contributed by atoms with Crippen molar-refractivity contribution >= 4 is 5.91 Å². The van der Waals surface area contributed by atoms with Gasteiger partial charge in [0.05, 0.1) is 19.3 Å². The van der Waals surface area contributed by atoms with Crippen molar-refractivity contribution in [2.75, 3.05) is 26.7 Å². The van der Waals surface area contributed by atoms with Gasteiger partial charge in [-0.3, -0.25) is 4.79 Å². The van der Waals surface area contributed by atoms with E-state index in [9.17, 15) is 9.90 Å². The van der Waals surface area contributed by atoms with E-state index in [0.717, 1.165) is 50.2 Å². The Labute approximate surface area is 145 Å². The van der Waals surface area contributed by atoms with Crippen LogP contribution in [0.5, 0.6) is 5.75 Å². The Morgan fingerprint density at radius 3 is 2.50 bits per heavy atom.